The zero-order chi connectivity index (χ0) is 20.4. The van der Waals surface area contributed by atoms with Gasteiger partial charge in [-0.05, 0) is 29.8 Å². The van der Waals surface area contributed by atoms with E-state index >= 15 is 0 Å². The number of sulfone groups is 1. The SMILES string of the molecule is COC(=O)c1ccc(S(=O)(=O)Cc2ccc(C(F)(F)F)cc2)c([N+](=O)[O-])c1. The summed E-state index contributed by atoms with van der Waals surface area (Å²) >= 11 is 0. The predicted molar refractivity (Wildman–Crippen MR) is 86.8 cm³/mol. The lowest BCUT2D eigenvalue weighted by Gasteiger charge is -2.09. The molecular weight excluding hydrogens is 391 g/mol. The maximum atomic E-state index is 12.6. The highest BCUT2D eigenvalue weighted by atomic mass is 32.2. The molecule has 0 saturated heterocycles. The number of nitro groups is 1. The van der Waals surface area contributed by atoms with Crippen molar-refractivity contribution in [2.75, 3.05) is 7.11 Å². The minimum atomic E-state index is -4.57. The molecule has 0 heterocycles. The van der Waals surface area contributed by atoms with E-state index in [1.807, 2.05) is 0 Å². The first-order valence-electron chi connectivity index (χ1n) is 7.21. The monoisotopic (exact) mass is 403 g/mol. The summed E-state index contributed by atoms with van der Waals surface area (Å²) in [5.74, 6) is -1.63. The zero-order valence-corrected chi connectivity index (χ0v) is 14.5. The van der Waals surface area contributed by atoms with Crippen LogP contribution in [0.1, 0.15) is 21.5 Å². The van der Waals surface area contributed by atoms with Gasteiger partial charge in [-0.15, -0.1) is 0 Å². The van der Waals surface area contributed by atoms with E-state index in [1.54, 1.807) is 0 Å². The molecule has 7 nitrogen and oxygen atoms in total. The lowest BCUT2D eigenvalue weighted by molar-refractivity contribution is -0.387. The van der Waals surface area contributed by atoms with Gasteiger partial charge < -0.3 is 4.74 Å². The smallest absolute Gasteiger partial charge is 0.416 e. The van der Waals surface area contributed by atoms with Crippen LogP contribution in [0.5, 0.6) is 0 Å². The van der Waals surface area contributed by atoms with Crippen LogP contribution in [0.25, 0.3) is 0 Å². The van der Waals surface area contributed by atoms with Gasteiger partial charge in [0.05, 0.1) is 28.9 Å². The van der Waals surface area contributed by atoms with Crippen LogP contribution in [0.2, 0.25) is 0 Å². The van der Waals surface area contributed by atoms with Gasteiger partial charge in [-0.2, -0.15) is 13.2 Å². The number of hydrogen-bond donors (Lipinski definition) is 0. The third kappa shape index (κ3) is 4.61. The molecule has 0 saturated carbocycles. The number of nitrogens with zero attached hydrogens (tertiary/aromatic N) is 1. The van der Waals surface area contributed by atoms with Crippen LogP contribution in [0, 0.1) is 10.1 Å². The van der Waals surface area contributed by atoms with E-state index in [9.17, 15) is 36.5 Å². The van der Waals surface area contributed by atoms with Gasteiger partial charge >= 0.3 is 12.1 Å². The van der Waals surface area contributed by atoms with Crippen molar-refractivity contribution in [2.24, 2.45) is 0 Å². The van der Waals surface area contributed by atoms with Crippen molar-refractivity contribution < 1.29 is 36.0 Å². The first kappa shape index (κ1) is 20.4. The third-order valence-electron chi connectivity index (χ3n) is 3.55. The highest BCUT2D eigenvalue weighted by Crippen LogP contribution is 2.31. The van der Waals surface area contributed by atoms with Crippen molar-refractivity contribution in [1.29, 1.82) is 0 Å². The first-order valence-corrected chi connectivity index (χ1v) is 8.86. The zero-order valence-electron chi connectivity index (χ0n) is 13.7. The van der Waals surface area contributed by atoms with Gasteiger partial charge in [0.25, 0.3) is 5.69 Å². The first-order chi connectivity index (χ1) is 12.5. The Morgan fingerprint density at radius 3 is 2.22 bits per heavy atom. The number of rotatable bonds is 5. The van der Waals surface area contributed by atoms with Gasteiger partial charge in [-0.1, -0.05) is 12.1 Å². The molecule has 11 heteroatoms. The molecule has 0 aliphatic rings. The van der Waals surface area contributed by atoms with Crippen LogP contribution in [-0.2, 0) is 26.5 Å². The van der Waals surface area contributed by atoms with Crippen LogP contribution < -0.4 is 0 Å². The Morgan fingerprint density at radius 1 is 1.15 bits per heavy atom. The lowest BCUT2D eigenvalue weighted by atomic mass is 10.1. The van der Waals surface area contributed by atoms with E-state index in [0.717, 1.165) is 49.6 Å². The molecular formula is C16H12F3NO6S. The Kier molecular flexibility index (Phi) is 5.54. The molecule has 0 bridgehead atoms. The molecule has 0 fully saturated rings. The molecule has 27 heavy (non-hydrogen) atoms. The standard InChI is InChI=1S/C16H12F3NO6S/c1-26-15(21)11-4-7-14(13(8-11)20(22)23)27(24,25)9-10-2-5-12(6-3-10)16(17,18)19/h2-8H,9H2,1H3. The Morgan fingerprint density at radius 2 is 1.74 bits per heavy atom. The number of hydrogen-bond acceptors (Lipinski definition) is 6. The molecule has 0 atom stereocenters. The minimum Gasteiger partial charge on any atom is -0.465 e. The summed E-state index contributed by atoms with van der Waals surface area (Å²) < 4.78 is 67.2. The van der Waals surface area contributed by atoms with Crippen molar-refractivity contribution in [1.82, 2.24) is 0 Å². The lowest BCUT2D eigenvalue weighted by Crippen LogP contribution is -2.10. The summed E-state index contributed by atoms with van der Waals surface area (Å²) in [7, 11) is -3.20. The number of carbonyl (C=O) groups is 1. The van der Waals surface area contributed by atoms with Crippen molar-refractivity contribution in [3.05, 3.63) is 69.3 Å². The van der Waals surface area contributed by atoms with E-state index in [2.05, 4.69) is 4.74 Å². The largest absolute Gasteiger partial charge is 0.465 e. The molecule has 2 aromatic carbocycles. The Hall–Kier alpha value is -2.95. The second-order valence-corrected chi connectivity index (χ2v) is 7.34. The van der Waals surface area contributed by atoms with Crippen LogP contribution in [-0.4, -0.2) is 26.4 Å². The van der Waals surface area contributed by atoms with Gasteiger partial charge in [0.1, 0.15) is 4.90 Å². The normalized spacial score (nSPS) is 11.9. The molecule has 0 spiro atoms. The molecule has 0 aliphatic heterocycles. The second kappa shape index (κ2) is 7.35. The van der Waals surface area contributed by atoms with Crippen molar-refractivity contribution in [2.45, 2.75) is 16.8 Å². The fourth-order valence-electron chi connectivity index (χ4n) is 2.25. The number of alkyl halides is 3. The number of halogens is 3. The van der Waals surface area contributed by atoms with E-state index in [0.29, 0.717) is 0 Å². The third-order valence-corrected chi connectivity index (χ3v) is 5.28. The average molecular weight is 403 g/mol. The fraction of sp³-hybridized carbons (Fsp3) is 0.188. The van der Waals surface area contributed by atoms with Crippen LogP contribution >= 0.6 is 0 Å². The van der Waals surface area contributed by atoms with Crippen LogP contribution in [0.15, 0.2) is 47.4 Å². The quantitative estimate of drug-likeness (QED) is 0.431. The Balaban J connectivity index is 2.41. The number of methoxy groups -OCH3 is 1. The minimum absolute atomic E-state index is 0.0225. The number of benzene rings is 2. The van der Waals surface area contributed by atoms with E-state index < -0.39 is 48.8 Å². The maximum absolute atomic E-state index is 12.6. The Labute approximate surface area is 151 Å². The number of nitro benzene ring substituents is 1. The van der Waals surface area contributed by atoms with Crippen LogP contribution in [0.4, 0.5) is 18.9 Å². The molecule has 0 aliphatic carbocycles. The van der Waals surface area contributed by atoms with Crippen molar-refractivity contribution >= 4 is 21.5 Å². The van der Waals surface area contributed by atoms with E-state index in [1.165, 1.54) is 0 Å². The summed E-state index contributed by atoms with van der Waals surface area (Å²) in [6.45, 7) is 0. The average Bonchev–Trinajstić information content (AvgIpc) is 2.59. The van der Waals surface area contributed by atoms with Crippen LogP contribution in [0.3, 0.4) is 0 Å². The molecule has 0 N–H and O–H groups in total. The summed E-state index contributed by atoms with van der Waals surface area (Å²) in [5, 5.41) is 11.2. The summed E-state index contributed by atoms with van der Waals surface area (Å²) in [6.07, 6.45) is -4.57. The summed E-state index contributed by atoms with van der Waals surface area (Å²) in [5.41, 5.74) is -1.96. The summed E-state index contributed by atoms with van der Waals surface area (Å²) in [4.78, 5) is 21.1. The van der Waals surface area contributed by atoms with Gasteiger partial charge in [-0.25, -0.2) is 13.2 Å². The maximum Gasteiger partial charge on any atom is 0.416 e. The molecule has 144 valence electrons. The highest BCUT2D eigenvalue weighted by molar-refractivity contribution is 7.90. The molecule has 0 unspecified atom stereocenters. The van der Waals surface area contributed by atoms with Crippen molar-refractivity contribution in [3.63, 3.8) is 0 Å². The second-order valence-electron chi connectivity index (χ2n) is 5.38. The molecule has 2 rings (SSSR count). The molecule has 0 aromatic heterocycles. The number of ether oxygens (including phenoxy) is 1. The van der Waals surface area contributed by atoms with Gasteiger partial charge in [0, 0.05) is 6.07 Å². The molecule has 0 radical (unpaired) electrons. The van der Waals surface area contributed by atoms with Gasteiger partial charge in [0.15, 0.2) is 9.84 Å². The van der Waals surface area contributed by atoms with Crippen molar-refractivity contribution in [3.8, 4) is 0 Å². The molecule has 0 amide bonds. The van der Waals surface area contributed by atoms with E-state index in [-0.39, 0.29) is 11.1 Å². The topological polar surface area (TPSA) is 104 Å². The highest BCUT2D eigenvalue weighted by Gasteiger charge is 2.31. The van der Waals surface area contributed by atoms with Gasteiger partial charge in [0.2, 0.25) is 0 Å². The van der Waals surface area contributed by atoms with Gasteiger partial charge in [-0.3, -0.25) is 10.1 Å². The summed E-state index contributed by atoms with van der Waals surface area (Å²) in [6, 6.07) is 6.12. The van der Waals surface area contributed by atoms with E-state index in [4.69, 9.17) is 0 Å². The predicted octanol–water partition coefficient (Wildman–Crippen LogP) is 3.37. The fourth-order valence-corrected chi connectivity index (χ4v) is 3.77. The Bertz CT molecular complexity index is 984. The number of esters is 1. The number of carbonyl (C=O) groups excluding carboxylic acids is 1. The molecule has 2 aromatic rings.